The minimum Gasteiger partial charge on any atom is -0.507 e. The van der Waals surface area contributed by atoms with Crippen molar-refractivity contribution in [1.29, 1.82) is 0 Å². The lowest BCUT2D eigenvalue weighted by Gasteiger charge is -2.25. The molecule has 1 atom stereocenters. The molecule has 0 spiro atoms. The standard InChI is InChI=1S/C25H28FNO5/c1-16(2)15-32-20-11-7-18(8-12-20)23(28)21-22(17-5-9-19(26)10-6-17)27(13-4-14-31-3)25(30)24(21)29/h5-12,16,22,28H,4,13-15H2,1-3H3/b23-21-. The SMILES string of the molecule is COCCCN1C(=O)C(=O)/C(=C(\O)c2ccc(OCC(C)C)cc2)C1c1ccc(F)cc1. The lowest BCUT2D eigenvalue weighted by molar-refractivity contribution is -0.140. The predicted octanol–water partition coefficient (Wildman–Crippen LogP) is 4.32. The van der Waals surface area contributed by atoms with Crippen LogP contribution in [0.1, 0.15) is 37.4 Å². The van der Waals surface area contributed by atoms with Gasteiger partial charge in [0.05, 0.1) is 18.2 Å². The van der Waals surface area contributed by atoms with Crippen molar-refractivity contribution < 1.29 is 28.6 Å². The molecule has 1 N–H and O–H groups in total. The van der Waals surface area contributed by atoms with Crippen LogP contribution in [0, 0.1) is 11.7 Å². The van der Waals surface area contributed by atoms with E-state index >= 15 is 0 Å². The summed E-state index contributed by atoms with van der Waals surface area (Å²) < 4.78 is 24.2. The maximum absolute atomic E-state index is 13.5. The molecule has 7 heteroatoms. The quantitative estimate of drug-likeness (QED) is 0.272. The molecule has 32 heavy (non-hydrogen) atoms. The highest BCUT2D eigenvalue weighted by Crippen LogP contribution is 2.39. The Morgan fingerprint density at radius 3 is 2.34 bits per heavy atom. The van der Waals surface area contributed by atoms with Gasteiger partial charge in [0.1, 0.15) is 17.3 Å². The highest BCUT2D eigenvalue weighted by molar-refractivity contribution is 6.46. The Kier molecular flexibility index (Phi) is 7.64. The van der Waals surface area contributed by atoms with Crippen molar-refractivity contribution in [3.8, 4) is 5.75 Å². The van der Waals surface area contributed by atoms with Gasteiger partial charge < -0.3 is 19.5 Å². The summed E-state index contributed by atoms with van der Waals surface area (Å²) in [6, 6.07) is 11.5. The second-order valence-electron chi connectivity index (χ2n) is 8.12. The number of hydrogen-bond acceptors (Lipinski definition) is 5. The van der Waals surface area contributed by atoms with Gasteiger partial charge in [0.15, 0.2) is 0 Å². The van der Waals surface area contributed by atoms with Gasteiger partial charge in [-0.1, -0.05) is 26.0 Å². The number of amides is 1. The number of hydrogen-bond donors (Lipinski definition) is 1. The first kappa shape index (κ1) is 23.5. The summed E-state index contributed by atoms with van der Waals surface area (Å²) in [6.45, 7) is 5.32. The molecule has 1 aliphatic rings. The molecule has 0 bridgehead atoms. The minimum absolute atomic E-state index is 0.0186. The molecule has 0 aromatic heterocycles. The Morgan fingerprint density at radius 2 is 1.75 bits per heavy atom. The average molecular weight is 441 g/mol. The summed E-state index contributed by atoms with van der Waals surface area (Å²) in [5.74, 6) is -1.16. The van der Waals surface area contributed by atoms with Crippen LogP contribution in [-0.2, 0) is 14.3 Å². The number of rotatable bonds is 9. The van der Waals surface area contributed by atoms with Crippen LogP contribution in [0.3, 0.4) is 0 Å². The van der Waals surface area contributed by atoms with Crippen molar-refractivity contribution >= 4 is 17.4 Å². The molecule has 1 unspecified atom stereocenters. The molecule has 3 rings (SSSR count). The third-order valence-electron chi connectivity index (χ3n) is 5.18. The van der Waals surface area contributed by atoms with E-state index in [9.17, 15) is 19.1 Å². The summed E-state index contributed by atoms with van der Waals surface area (Å²) in [5, 5.41) is 11.0. The zero-order valence-electron chi connectivity index (χ0n) is 18.5. The van der Waals surface area contributed by atoms with E-state index in [2.05, 4.69) is 0 Å². The molecule has 0 aliphatic carbocycles. The smallest absolute Gasteiger partial charge is 0.295 e. The van der Waals surface area contributed by atoms with Crippen molar-refractivity contribution in [2.24, 2.45) is 5.92 Å². The van der Waals surface area contributed by atoms with E-state index < -0.39 is 23.5 Å². The van der Waals surface area contributed by atoms with Gasteiger partial charge in [-0.3, -0.25) is 9.59 Å². The maximum Gasteiger partial charge on any atom is 0.295 e. The number of ether oxygens (including phenoxy) is 2. The second kappa shape index (κ2) is 10.4. The number of ketones is 1. The van der Waals surface area contributed by atoms with E-state index in [1.54, 1.807) is 31.4 Å². The number of methoxy groups -OCH3 is 1. The highest BCUT2D eigenvalue weighted by atomic mass is 19.1. The van der Waals surface area contributed by atoms with Crippen molar-refractivity contribution in [3.05, 3.63) is 71.0 Å². The molecular weight excluding hydrogens is 413 g/mol. The summed E-state index contributed by atoms with van der Waals surface area (Å²) in [4.78, 5) is 27.1. The van der Waals surface area contributed by atoms with Gasteiger partial charge in [0, 0.05) is 25.8 Å². The van der Waals surface area contributed by atoms with Crippen LogP contribution in [0.5, 0.6) is 5.75 Å². The fourth-order valence-electron chi connectivity index (χ4n) is 3.61. The van der Waals surface area contributed by atoms with Crippen LogP contribution < -0.4 is 4.74 Å². The largest absolute Gasteiger partial charge is 0.507 e. The van der Waals surface area contributed by atoms with E-state index in [0.29, 0.717) is 42.4 Å². The lowest BCUT2D eigenvalue weighted by Crippen LogP contribution is -2.31. The van der Waals surface area contributed by atoms with E-state index in [-0.39, 0.29) is 17.9 Å². The molecule has 1 heterocycles. The number of aliphatic hydroxyl groups is 1. The third kappa shape index (κ3) is 5.16. The van der Waals surface area contributed by atoms with E-state index in [1.807, 2.05) is 13.8 Å². The van der Waals surface area contributed by atoms with E-state index in [0.717, 1.165) is 0 Å². The number of Topliss-reactive ketones (excluding diaryl/α,β-unsaturated/α-hetero) is 1. The normalized spacial score (nSPS) is 17.9. The molecule has 0 radical (unpaired) electrons. The molecular formula is C25H28FNO5. The van der Waals surface area contributed by atoms with Crippen LogP contribution in [-0.4, -0.2) is 48.6 Å². The lowest BCUT2D eigenvalue weighted by atomic mass is 9.95. The molecule has 6 nitrogen and oxygen atoms in total. The number of benzene rings is 2. The first-order chi connectivity index (χ1) is 15.3. The van der Waals surface area contributed by atoms with Gasteiger partial charge in [-0.25, -0.2) is 4.39 Å². The molecule has 1 amide bonds. The summed E-state index contributed by atoms with van der Waals surface area (Å²) in [5.41, 5.74) is 0.917. The van der Waals surface area contributed by atoms with Crippen LogP contribution in [0.4, 0.5) is 4.39 Å². The molecule has 2 aromatic rings. The summed E-state index contributed by atoms with van der Waals surface area (Å²) in [7, 11) is 1.56. The van der Waals surface area contributed by atoms with Gasteiger partial charge in [-0.05, 0) is 54.3 Å². The van der Waals surface area contributed by atoms with Crippen LogP contribution >= 0.6 is 0 Å². The van der Waals surface area contributed by atoms with Crippen LogP contribution in [0.2, 0.25) is 0 Å². The summed E-state index contributed by atoms with van der Waals surface area (Å²) in [6.07, 6.45) is 0.517. The number of aliphatic hydroxyl groups excluding tert-OH is 1. The fraction of sp³-hybridized carbons (Fsp3) is 0.360. The molecule has 1 fully saturated rings. The Labute approximate surface area is 187 Å². The van der Waals surface area contributed by atoms with Gasteiger partial charge in [-0.2, -0.15) is 0 Å². The van der Waals surface area contributed by atoms with Crippen molar-refractivity contribution in [2.45, 2.75) is 26.3 Å². The highest BCUT2D eigenvalue weighted by Gasteiger charge is 2.45. The Bertz CT molecular complexity index is 982. The van der Waals surface area contributed by atoms with Gasteiger partial charge >= 0.3 is 0 Å². The summed E-state index contributed by atoms with van der Waals surface area (Å²) >= 11 is 0. The zero-order chi connectivity index (χ0) is 23.3. The topological polar surface area (TPSA) is 76.1 Å². The molecule has 0 saturated carbocycles. The van der Waals surface area contributed by atoms with E-state index in [1.165, 1.54) is 29.2 Å². The average Bonchev–Trinajstić information content (AvgIpc) is 3.03. The predicted molar refractivity (Wildman–Crippen MR) is 119 cm³/mol. The Hall–Kier alpha value is -3.19. The van der Waals surface area contributed by atoms with Crippen LogP contribution in [0.25, 0.3) is 5.76 Å². The first-order valence-electron chi connectivity index (χ1n) is 10.6. The number of carbonyl (C=O) groups is 2. The molecule has 170 valence electrons. The number of halogens is 1. The van der Waals surface area contributed by atoms with Crippen molar-refractivity contribution in [1.82, 2.24) is 4.90 Å². The third-order valence-corrected chi connectivity index (χ3v) is 5.18. The maximum atomic E-state index is 13.5. The van der Waals surface area contributed by atoms with Crippen molar-refractivity contribution in [3.63, 3.8) is 0 Å². The zero-order valence-corrected chi connectivity index (χ0v) is 18.5. The van der Waals surface area contributed by atoms with Gasteiger partial charge in [0.2, 0.25) is 0 Å². The molecule has 2 aromatic carbocycles. The monoisotopic (exact) mass is 441 g/mol. The van der Waals surface area contributed by atoms with Crippen LogP contribution in [0.15, 0.2) is 54.1 Å². The second-order valence-corrected chi connectivity index (χ2v) is 8.12. The molecule has 1 aliphatic heterocycles. The Balaban J connectivity index is 2.00. The molecule has 1 saturated heterocycles. The number of likely N-dealkylation sites (tertiary alicyclic amines) is 1. The van der Waals surface area contributed by atoms with Crippen molar-refractivity contribution in [2.75, 3.05) is 26.9 Å². The van der Waals surface area contributed by atoms with Gasteiger partial charge in [0.25, 0.3) is 11.7 Å². The fourth-order valence-corrected chi connectivity index (χ4v) is 3.61. The van der Waals surface area contributed by atoms with E-state index in [4.69, 9.17) is 9.47 Å². The number of nitrogens with zero attached hydrogens (tertiary/aromatic N) is 1. The number of carbonyl (C=O) groups excluding carboxylic acids is 2. The first-order valence-corrected chi connectivity index (χ1v) is 10.6. The Morgan fingerprint density at radius 1 is 1.09 bits per heavy atom. The minimum atomic E-state index is -0.815. The van der Waals surface area contributed by atoms with Gasteiger partial charge in [-0.15, -0.1) is 0 Å².